The molecule has 1 aliphatic heterocycles. The SMILES string of the molecule is O=C(O)C[C@@H]1COc2cc(OC(CO)c3cc(F)cc(Br)c3)c(I)cc21. The molecule has 0 fully saturated rings. The van der Waals surface area contributed by atoms with Gasteiger partial charge < -0.3 is 19.7 Å². The van der Waals surface area contributed by atoms with E-state index in [1.165, 1.54) is 12.1 Å². The van der Waals surface area contributed by atoms with Crippen LogP contribution in [0.4, 0.5) is 4.39 Å². The van der Waals surface area contributed by atoms with Gasteiger partial charge in [-0.2, -0.15) is 0 Å². The fraction of sp³-hybridized carbons (Fsp3) is 0.278. The molecule has 26 heavy (non-hydrogen) atoms. The zero-order chi connectivity index (χ0) is 18.8. The van der Waals surface area contributed by atoms with Crippen LogP contribution in [0.25, 0.3) is 0 Å². The largest absolute Gasteiger partial charge is 0.492 e. The highest BCUT2D eigenvalue weighted by molar-refractivity contribution is 14.1. The molecule has 138 valence electrons. The Hall–Kier alpha value is -1.39. The zero-order valence-corrected chi connectivity index (χ0v) is 17.2. The zero-order valence-electron chi connectivity index (χ0n) is 13.4. The van der Waals surface area contributed by atoms with Gasteiger partial charge in [-0.25, -0.2) is 4.39 Å². The Morgan fingerprint density at radius 1 is 1.38 bits per heavy atom. The maximum Gasteiger partial charge on any atom is 0.304 e. The molecule has 0 bridgehead atoms. The van der Waals surface area contributed by atoms with Gasteiger partial charge in [0.1, 0.15) is 23.4 Å². The smallest absolute Gasteiger partial charge is 0.304 e. The monoisotopic (exact) mass is 536 g/mol. The average Bonchev–Trinajstić information content (AvgIpc) is 2.92. The van der Waals surface area contributed by atoms with E-state index in [1.54, 1.807) is 12.1 Å². The first kappa shape index (κ1) is 19.4. The third-order valence-corrected chi connectivity index (χ3v) is 5.36. The van der Waals surface area contributed by atoms with Crippen molar-refractivity contribution in [2.24, 2.45) is 0 Å². The summed E-state index contributed by atoms with van der Waals surface area (Å²) in [5, 5.41) is 18.7. The van der Waals surface area contributed by atoms with Crippen molar-refractivity contribution in [3.8, 4) is 11.5 Å². The van der Waals surface area contributed by atoms with E-state index < -0.39 is 17.9 Å². The van der Waals surface area contributed by atoms with Crippen molar-refractivity contribution in [3.05, 3.63) is 55.3 Å². The van der Waals surface area contributed by atoms with Gasteiger partial charge in [0.25, 0.3) is 0 Å². The molecule has 0 amide bonds. The third kappa shape index (κ3) is 4.29. The minimum Gasteiger partial charge on any atom is -0.492 e. The molecule has 0 aromatic heterocycles. The van der Waals surface area contributed by atoms with Crippen LogP contribution in [0.3, 0.4) is 0 Å². The van der Waals surface area contributed by atoms with Crippen LogP contribution in [0.5, 0.6) is 11.5 Å². The highest BCUT2D eigenvalue weighted by atomic mass is 127. The van der Waals surface area contributed by atoms with Crippen LogP contribution < -0.4 is 9.47 Å². The van der Waals surface area contributed by atoms with Crippen molar-refractivity contribution in [2.75, 3.05) is 13.2 Å². The van der Waals surface area contributed by atoms with Crippen molar-refractivity contribution >= 4 is 44.5 Å². The molecule has 2 atom stereocenters. The van der Waals surface area contributed by atoms with Gasteiger partial charge in [-0.05, 0) is 52.4 Å². The van der Waals surface area contributed by atoms with Gasteiger partial charge in [0.15, 0.2) is 0 Å². The number of benzene rings is 2. The number of aliphatic carboxylic acids is 1. The molecule has 1 aliphatic rings. The van der Waals surface area contributed by atoms with Crippen molar-refractivity contribution in [1.29, 1.82) is 0 Å². The van der Waals surface area contributed by atoms with Gasteiger partial charge in [0.05, 0.1) is 23.2 Å². The van der Waals surface area contributed by atoms with Crippen LogP contribution in [-0.4, -0.2) is 29.4 Å². The molecule has 1 heterocycles. The van der Waals surface area contributed by atoms with Gasteiger partial charge >= 0.3 is 5.97 Å². The van der Waals surface area contributed by atoms with Crippen molar-refractivity contribution in [3.63, 3.8) is 0 Å². The lowest BCUT2D eigenvalue weighted by molar-refractivity contribution is -0.137. The maximum atomic E-state index is 13.6. The molecule has 1 unspecified atom stereocenters. The number of hydrogen-bond acceptors (Lipinski definition) is 4. The summed E-state index contributed by atoms with van der Waals surface area (Å²) in [5.74, 6) is -0.444. The predicted octanol–water partition coefficient (Wildman–Crippen LogP) is 4.26. The standard InChI is InChI=1S/C18H15BrFIO5/c19-11-1-9(2-12(20)4-11)17(7-22)26-16-6-15-13(5-14(16)21)10(8-25-15)3-18(23)24/h1-2,4-6,10,17,22H,3,7-8H2,(H,23,24)/t10-,17?/m1/s1. The average molecular weight is 537 g/mol. The van der Waals surface area contributed by atoms with Gasteiger partial charge in [-0.15, -0.1) is 0 Å². The van der Waals surface area contributed by atoms with Crippen LogP contribution in [0.15, 0.2) is 34.8 Å². The molecule has 2 aromatic rings. The summed E-state index contributed by atoms with van der Waals surface area (Å²) in [6, 6.07) is 7.85. The Morgan fingerprint density at radius 2 is 2.15 bits per heavy atom. The molecule has 5 nitrogen and oxygen atoms in total. The number of fused-ring (bicyclic) bond motifs is 1. The Labute approximate surface area is 171 Å². The number of halogens is 3. The van der Waals surface area contributed by atoms with Crippen LogP contribution in [0.1, 0.15) is 29.6 Å². The summed E-state index contributed by atoms with van der Waals surface area (Å²) < 4.78 is 26.4. The van der Waals surface area contributed by atoms with Gasteiger partial charge in [0.2, 0.25) is 0 Å². The predicted molar refractivity (Wildman–Crippen MR) is 104 cm³/mol. The molecule has 0 spiro atoms. The summed E-state index contributed by atoms with van der Waals surface area (Å²) >= 11 is 5.32. The first-order chi connectivity index (χ1) is 12.4. The van der Waals surface area contributed by atoms with Crippen molar-refractivity contribution in [2.45, 2.75) is 18.4 Å². The van der Waals surface area contributed by atoms with E-state index in [9.17, 15) is 14.3 Å². The van der Waals surface area contributed by atoms with E-state index >= 15 is 0 Å². The highest BCUT2D eigenvalue weighted by Crippen LogP contribution is 2.41. The molecule has 2 aromatic carbocycles. The van der Waals surface area contributed by atoms with Crippen LogP contribution in [0.2, 0.25) is 0 Å². The van der Waals surface area contributed by atoms with E-state index in [2.05, 4.69) is 38.5 Å². The van der Waals surface area contributed by atoms with E-state index in [4.69, 9.17) is 14.6 Å². The minimum absolute atomic E-state index is 0.000131. The summed E-state index contributed by atoms with van der Waals surface area (Å²) in [5.41, 5.74) is 1.33. The molecule has 3 rings (SSSR count). The van der Waals surface area contributed by atoms with E-state index in [1.807, 2.05) is 6.07 Å². The highest BCUT2D eigenvalue weighted by Gasteiger charge is 2.28. The molecule has 2 N–H and O–H groups in total. The number of aliphatic hydroxyl groups excluding tert-OH is 1. The first-order valence-electron chi connectivity index (χ1n) is 7.79. The molecular weight excluding hydrogens is 522 g/mol. The van der Waals surface area contributed by atoms with Gasteiger partial charge in [-0.1, -0.05) is 15.9 Å². The Bertz CT molecular complexity index is 824. The summed E-state index contributed by atoms with van der Waals surface area (Å²) in [4.78, 5) is 11.0. The second-order valence-corrected chi connectivity index (χ2v) is 8.00. The molecule has 0 saturated carbocycles. The third-order valence-electron chi connectivity index (χ3n) is 4.06. The number of ether oxygens (including phenoxy) is 2. The second kappa shape index (κ2) is 8.10. The lowest BCUT2D eigenvalue weighted by Gasteiger charge is -2.19. The molecule has 8 heteroatoms. The summed E-state index contributed by atoms with van der Waals surface area (Å²) in [6.07, 6.45) is -0.746. The lowest BCUT2D eigenvalue weighted by Crippen LogP contribution is -2.13. The number of rotatable bonds is 6. The topological polar surface area (TPSA) is 76.0 Å². The lowest BCUT2D eigenvalue weighted by atomic mass is 9.98. The fourth-order valence-electron chi connectivity index (χ4n) is 2.87. The van der Waals surface area contributed by atoms with Crippen LogP contribution >= 0.6 is 38.5 Å². The summed E-state index contributed by atoms with van der Waals surface area (Å²) in [6.45, 7) is -0.0208. The summed E-state index contributed by atoms with van der Waals surface area (Å²) in [7, 11) is 0. The Balaban J connectivity index is 1.86. The van der Waals surface area contributed by atoms with E-state index in [0.717, 1.165) is 9.13 Å². The number of carboxylic acids is 1. The maximum absolute atomic E-state index is 13.6. The second-order valence-electron chi connectivity index (χ2n) is 5.92. The fourth-order valence-corrected chi connectivity index (χ4v) is 3.97. The quantitative estimate of drug-likeness (QED) is 0.540. The van der Waals surface area contributed by atoms with Crippen LogP contribution in [0, 0.1) is 9.39 Å². The molecule has 0 radical (unpaired) electrons. The Kier molecular flexibility index (Phi) is 6.03. The number of carboxylic acid groups (broad SMARTS) is 1. The number of hydrogen-bond donors (Lipinski definition) is 2. The molecule has 0 aliphatic carbocycles. The molecule has 0 saturated heterocycles. The van der Waals surface area contributed by atoms with Gasteiger partial charge in [0, 0.05) is 22.0 Å². The van der Waals surface area contributed by atoms with E-state index in [0.29, 0.717) is 28.1 Å². The number of carbonyl (C=O) groups is 1. The van der Waals surface area contributed by atoms with E-state index in [-0.39, 0.29) is 18.9 Å². The van der Waals surface area contributed by atoms with Crippen LogP contribution in [-0.2, 0) is 4.79 Å². The van der Waals surface area contributed by atoms with Crippen molar-refractivity contribution < 1.29 is 28.9 Å². The Morgan fingerprint density at radius 3 is 2.81 bits per heavy atom. The van der Waals surface area contributed by atoms with Crippen molar-refractivity contribution in [1.82, 2.24) is 0 Å². The molecular formula is C18H15BrFIO5. The number of aliphatic hydroxyl groups is 1. The van der Waals surface area contributed by atoms with Gasteiger partial charge in [-0.3, -0.25) is 4.79 Å². The normalized spacial score (nSPS) is 16.7. The first-order valence-corrected chi connectivity index (χ1v) is 9.66. The minimum atomic E-state index is -0.876.